The summed E-state index contributed by atoms with van der Waals surface area (Å²) in [7, 11) is 1.50. The van der Waals surface area contributed by atoms with Crippen LogP contribution < -0.4 is 4.74 Å². The molecule has 0 aromatic heterocycles. The van der Waals surface area contributed by atoms with Crippen molar-refractivity contribution in [1.82, 2.24) is 0 Å². The Labute approximate surface area is 91.7 Å². The lowest BCUT2D eigenvalue weighted by Gasteiger charge is -2.07. The van der Waals surface area contributed by atoms with Crippen LogP contribution in [-0.2, 0) is 0 Å². The van der Waals surface area contributed by atoms with Crippen LogP contribution in [-0.4, -0.2) is 23.3 Å². The van der Waals surface area contributed by atoms with E-state index in [0.717, 1.165) is 0 Å². The number of aromatic carboxylic acids is 1. The van der Waals surface area contributed by atoms with Crippen molar-refractivity contribution in [3.63, 3.8) is 0 Å². The number of hydrogen-bond donors (Lipinski definition) is 2. The molecule has 2 N–H and O–H groups in total. The van der Waals surface area contributed by atoms with Gasteiger partial charge in [-0.05, 0) is 18.2 Å². The Hall–Kier alpha value is -2.23. The predicted molar refractivity (Wildman–Crippen MR) is 59.1 cm³/mol. The molecule has 0 spiro atoms. The molecule has 0 amide bonds. The smallest absolute Gasteiger partial charge is 0.335 e. The van der Waals surface area contributed by atoms with E-state index in [1.807, 2.05) is 0 Å². The summed E-state index contributed by atoms with van der Waals surface area (Å²) >= 11 is 0. The highest BCUT2D eigenvalue weighted by Crippen LogP contribution is 2.32. The van der Waals surface area contributed by atoms with Crippen molar-refractivity contribution in [3.05, 3.63) is 35.9 Å². The van der Waals surface area contributed by atoms with Crippen LogP contribution >= 0.6 is 0 Å². The third-order valence-corrected chi connectivity index (χ3v) is 2.40. The molecule has 0 aliphatic carbocycles. The number of carboxylic acids is 1. The summed E-state index contributed by atoms with van der Waals surface area (Å²) in [5.41, 5.74) is 0.0366. The van der Waals surface area contributed by atoms with Crippen molar-refractivity contribution >= 4 is 16.7 Å². The standard InChI is InChI=1S/C12H10O4/c1-16-11-4-2-3-8-9(11)5-7(12(14)15)6-10(8)13/h2-6,13H,1H3,(H,14,15). The fourth-order valence-electron chi connectivity index (χ4n) is 1.64. The summed E-state index contributed by atoms with van der Waals surface area (Å²) in [5, 5.41) is 19.7. The summed E-state index contributed by atoms with van der Waals surface area (Å²) in [6, 6.07) is 7.87. The third-order valence-electron chi connectivity index (χ3n) is 2.40. The van der Waals surface area contributed by atoms with E-state index in [2.05, 4.69) is 0 Å². The van der Waals surface area contributed by atoms with Gasteiger partial charge in [0.2, 0.25) is 0 Å². The Bertz CT molecular complexity index is 560. The molecule has 82 valence electrons. The summed E-state index contributed by atoms with van der Waals surface area (Å²) in [5.74, 6) is -0.604. The van der Waals surface area contributed by atoms with Crippen molar-refractivity contribution in [2.45, 2.75) is 0 Å². The van der Waals surface area contributed by atoms with Gasteiger partial charge in [0.05, 0.1) is 12.7 Å². The number of methoxy groups -OCH3 is 1. The number of benzene rings is 2. The summed E-state index contributed by atoms with van der Waals surface area (Å²) in [6.07, 6.45) is 0. The van der Waals surface area contributed by atoms with E-state index in [9.17, 15) is 9.90 Å². The maximum atomic E-state index is 10.8. The first-order valence-electron chi connectivity index (χ1n) is 4.66. The molecule has 2 aromatic carbocycles. The van der Waals surface area contributed by atoms with Gasteiger partial charge in [-0.3, -0.25) is 0 Å². The van der Waals surface area contributed by atoms with Crippen molar-refractivity contribution < 1.29 is 19.7 Å². The molecule has 0 aliphatic rings. The van der Waals surface area contributed by atoms with E-state index in [0.29, 0.717) is 16.5 Å². The molecule has 4 heteroatoms. The SMILES string of the molecule is COc1cccc2c(O)cc(C(=O)O)cc12. The average Bonchev–Trinajstić information content (AvgIpc) is 2.28. The molecule has 0 atom stereocenters. The summed E-state index contributed by atoms with van der Waals surface area (Å²) in [6.45, 7) is 0. The highest BCUT2D eigenvalue weighted by atomic mass is 16.5. The molecular weight excluding hydrogens is 208 g/mol. The van der Waals surface area contributed by atoms with E-state index >= 15 is 0 Å². The van der Waals surface area contributed by atoms with Crippen LogP contribution in [0.5, 0.6) is 11.5 Å². The molecule has 4 nitrogen and oxygen atoms in total. The second-order valence-electron chi connectivity index (χ2n) is 3.36. The molecule has 0 saturated heterocycles. The number of fused-ring (bicyclic) bond motifs is 1. The lowest BCUT2D eigenvalue weighted by molar-refractivity contribution is 0.0696. The van der Waals surface area contributed by atoms with Gasteiger partial charge in [0.25, 0.3) is 0 Å². The average molecular weight is 218 g/mol. The number of hydrogen-bond acceptors (Lipinski definition) is 3. The molecule has 16 heavy (non-hydrogen) atoms. The van der Waals surface area contributed by atoms with Crippen molar-refractivity contribution in [3.8, 4) is 11.5 Å². The van der Waals surface area contributed by atoms with Crippen molar-refractivity contribution in [2.75, 3.05) is 7.11 Å². The lowest BCUT2D eigenvalue weighted by Crippen LogP contribution is -1.96. The Morgan fingerprint density at radius 2 is 2.00 bits per heavy atom. The van der Waals surface area contributed by atoms with E-state index in [1.54, 1.807) is 18.2 Å². The van der Waals surface area contributed by atoms with Gasteiger partial charge in [-0.25, -0.2) is 4.79 Å². The third kappa shape index (κ3) is 1.54. The first-order valence-corrected chi connectivity index (χ1v) is 4.66. The van der Waals surface area contributed by atoms with E-state index < -0.39 is 5.97 Å². The number of carboxylic acid groups (broad SMARTS) is 1. The van der Waals surface area contributed by atoms with Crippen LogP contribution in [0.2, 0.25) is 0 Å². The van der Waals surface area contributed by atoms with Crippen LogP contribution in [0.4, 0.5) is 0 Å². The quantitative estimate of drug-likeness (QED) is 0.811. The molecule has 0 saturated carbocycles. The zero-order chi connectivity index (χ0) is 11.7. The predicted octanol–water partition coefficient (Wildman–Crippen LogP) is 2.25. The lowest BCUT2D eigenvalue weighted by atomic mass is 10.0. The van der Waals surface area contributed by atoms with Gasteiger partial charge in [-0.2, -0.15) is 0 Å². The van der Waals surface area contributed by atoms with Gasteiger partial charge < -0.3 is 14.9 Å². The van der Waals surface area contributed by atoms with Crippen molar-refractivity contribution in [2.24, 2.45) is 0 Å². The van der Waals surface area contributed by atoms with Crippen LogP contribution in [0.25, 0.3) is 10.8 Å². The molecule has 0 aliphatic heterocycles. The molecule has 0 heterocycles. The zero-order valence-corrected chi connectivity index (χ0v) is 8.60. The number of carbonyl (C=O) groups is 1. The summed E-state index contributed by atoms with van der Waals surface area (Å²) < 4.78 is 5.11. The Morgan fingerprint density at radius 3 is 2.62 bits per heavy atom. The van der Waals surface area contributed by atoms with Crippen LogP contribution in [0.15, 0.2) is 30.3 Å². The topological polar surface area (TPSA) is 66.8 Å². The van der Waals surface area contributed by atoms with Crippen LogP contribution in [0, 0.1) is 0 Å². The maximum absolute atomic E-state index is 10.8. The summed E-state index contributed by atoms with van der Waals surface area (Å²) in [4.78, 5) is 10.8. The second-order valence-corrected chi connectivity index (χ2v) is 3.36. The molecule has 2 rings (SSSR count). The Kier molecular flexibility index (Phi) is 2.40. The van der Waals surface area contributed by atoms with Gasteiger partial charge in [0.15, 0.2) is 0 Å². The fourth-order valence-corrected chi connectivity index (χ4v) is 1.64. The molecule has 0 bridgehead atoms. The van der Waals surface area contributed by atoms with Crippen LogP contribution in [0.3, 0.4) is 0 Å². The second kappa shape index (κ2) is 3.73. The van der Waals surface area contributed by atoms with Gasteiger partial charge >= 0.3 is 5.97 Å². The number of ether oxygens (including phenoxy) is 1. The van der Waals surface area contributed by atoms with E-state index in [4.69, 9.17) is 9.84 Å². The fraction of sp³-hybridized carbons (Fsp3) is 0.0833. The Morgan fingerprint density at radius 1 is 1.25 bits per heavy atom. The molecule has 0 radical (unpaired) electrons. The highest BCUT2D eigenvalue weighted by molar-refractivity contribution is 5.99. The van der Waals surface area contributed by atoms with Crippen molar-refractivity contribution in [1.29, 1.82) is 0 Å². The van der Waals surface area contributed by atoms with Gasteiger partial charge in [-0.15, -0.1) is 0 Å². The maximum Gasteiger partial charge on any atom is 0.335 e. The first kappa shape index (κ1) is 10.3. The highest BCUT2D eigenvalue weighted by Gasteiger charge is 2.10. The molecular formula is C12H10O4. The Balaban J connectivity index is 2.82. The number of phenols is 1. The monoisotopic (exact) mass is 218 g/mol. The molecule has 0 unspecified atom stereocenters. The van der Waals surface area contributed by atoms with Gasteiger partial charge in [-0.1, -0.05) is 12.1 Å². The van der Waals surface area contributed by atoms with E-state index in [-0.39, 0.29) is 11.3 Å². The molecule has 0 fully saturated rings. The normalized spacial score (nSPS) is 10.3. The zero-order valence-electron chi connectivity index (χ0n) is 8.60. The molecule has 2 aromatic rings. The first-order chi connectivity index (χ1) is 7.63. The van der Waals surface area contributed by atoms with Gasteiger partial charge in [0, 0.05) is 10.8 Å². The van der Waals surface area contributed by atoms with Crippen LogP contribution in [0.1, 0.15) is 10.4 Å². The number of aromatic hydroxyl groups is 1. The largest absolute Gasteiger partial charge is 0.507 e. The minimum absolute atomic E-state index is 0.0366. The number of rotatable bonds is 2. The van der Waals surface area contributed by atoms with E-state index in [1.165, 1.54) is 19.2 Å². The minimum atomic E-state index is -1.08. The minimum Gasteiger partial charge on any atom is -0.507 e. The van der Waals surface area contributed by atoms with Gasteiger partial charge in [0.1, 0.15) is 11.5 Å². The number of phenolic OH excluding ortho intramolecular Hbond substituents is 1.